The van der Waals surface area contributed by atoms with E-state index in [0.717, 1.165) is 22.4 Å². The zero-order valence-electron chi connectivity index (χ0n) is 18.6. The van der Waals surface area contributed by atoms with Crippen molar-refractivity contribution in [2.24, 2.45) is 4.99 Å². The van der Waals surface area contributed by atoms with Crippen molar-refractivity contribution in [1.29, 1.82) is 0 Å². The highest BCUT2D eigenvalue weighted by Crippen LogP contribution is 2.36. The monoisotopic (exact) mass is 438 g/mol. The summed E-state index contributed by atoms with van der Waals surface area (Å²) in [6.07, 6.45) is 1.90. The second kappa shape index (κ2) is 9.39. The highest BCUT2D eigenvalue weighted by Gasteiger charge is 2.30. The molecular formula is C24H26N2O4S. The number of methoxy groups -OCH3 is 2. The number of nitrogens with zero attached hydrogens (tertiary/aromatic N) is 2. The van der Waals surface area contributed by atoms with E-state index in [0.29, 0.717) is 27.2 Å². The number of aryl methyl sites for hydroxylation is 1. The molecule has 2 aromatic rings. The van der Waals surface area contributed by atoms with Crippen LogP contribution in [0.25, 0.3) is 6.08 Å². The van der Waals surface area contributed by atoms with Crippen molar-refractivity contribution in [3.05, 3.63) is 63.6 Å². The predicted octanol–water partition coefficient (Wildman–Crippen LogP) is 5.15. The molecule has 7 heteroatoms. The molecule has 31 heavy (non-hydrogen) atoms. The molecule has 1 heterocycles. The molecular weight excluding hydrogens is 412 g/mol. The fraction of sp³-hybridized carbons (Fsp3) is 0.292. The Hall–Kier alpha value is -3.06. The highest BCUT2D eigenvalue weighted by atomic mass is 32.2. The molecule has 0 radical (unpaired) electrons. The van der Waals surface area contributed by atoms with Crippen molar-refractivity contribution in [1.82, 2.24) is 4.90 Å². The summed E-state index contributed by atoms with van der Waals surface area (Å²) in [6, 6.07) is 10.9. The van der Waals surface area contributed by atoms with Crippen LogP contribution in [0.2, 0.25) is 0 Å². The fourth-order valence-corrected chi connectivity index (χ4v) is 4.20. The van der Waals surface area contributed by atoms with E-state index in [1.807, 2.05) is 19.1 Å². The number of aliphatic imine (C=N–C) groups is 1. The summed E-state index contributed by atoms with van der Waals surface area (Å²) >= 11 is 1.31. The third-order valence-electron chi connectivity index (χ3n) is 5.02. The van der Waals surface area contributed by atoms with Gasteiger partial charge in [0.2, 0.25) is 0 Å². The van der Waals surface area contributed by atoms with E-state index in [4.69, 9.17) is 9.47 Å². The van der Waals surface area contributed by atoms with Gasteiger partial charge in [0.15, 0.2) is 5.17 Å². The predicted molar refractivity (Wildman–Crippen MR) is 125 cm³/mol. The Morgan fingerprint density at radius 1 is 1.19 bits per heavy atom. The van der Waals surface area contributed by atoms with Gasteiger partial charge < -0.3 is 9.47 Å². The number of benzene rings is 2. The summed E-state index contributed by atoms with van der Waals surface area (Å²) in [4.78, 5) is 31.3. The number of ether oxygens (including phenoxy) is 2. The van der Waals surface area contributed by atoms with Crippen LogP contribution < -0.4 is 4.74 Å². The molecule has 162 valence electrons. The summed E-state index contributed by atoms with van der Waals surface area (Å²) in [5.74, 6) is 0.600. The molecule has 6 nitrogen and oxygen atoms in total. The number of rotatable bonds is 5. The van der Waals surface area contributed by atoms with Crippen molar-refractivity contribution in [2.45, 2.75) is 26.7 Å². The first-order valence-corrected chi connectivity index (χ1v) is 10.7. The molecule has 1 aliphatic rings. The molecule has 1 amide bonds. The average molecular weight is 439 g/mol. The van der Waals surface area contributed by atoms with Crippen LogP contribution in [-0.2, 0) is 9.53 Å². The van der Waals surface area contributed by atoms with Gasteiger partial charge in [-0.3, -0.25) is 9.69 Å². The Morgan fingerprint density at radius 2 is 1.94 bits per heavy atom. The first-order chi connectivity index (χ1) is 14.7. The molecule has 1 aliphatic heterocycles. The van der Waals surface area contributed by atoms with Crippen molar-refractivity contribution >= 4 is 40.6 Å². The quantitative estimate of drug-likeness (QED) is 0.477. The Labute approximate surface area is 187 Å². The molecule has 0 N–H and O–H groups in total. The molecule has 0 saturated carbocycles. The van der Waals surface area contributed by atoms with Crippen LogP contribution in [0.15, 0.2) is 46.3 Å². The molecule has 2 aromatic carbocycles. The minimum absolute atomic E-state index is 0.116. The van der Waals surface area contributed by atoms with E-state index in [9.17, 15) is 9.59 Å². The average Bonchev–Trinajstić information content (AvgIpc) is 3.01. The van der Waals surface area contributed by atoms with Gasteiger partial charge >= 0.3 is 5.97 Å². The molecule has 1 saturated heterocycles. The normalized spacial score (nSPS) is 16.5. The number of hydrogen-bond donors (Lipinski definition) is 0. The third-order valence-corrected chi connectivity index (χ3v) is 6.08. The molecule has 0 atom stereocenters. The van der Waals surface area contributed by atoms with Crippen molar-refractivity contribution in [2.75, 3.05) is 21.3 Å². The maximum Gasteiger partial charge on any atom is 0.337 e. The lowest BCUT2D eigenvalue weighted by molar-refractivity contribution is -0.121. The molecule has 0 aliphatic carbocycles. The number of amidine groups is 1. The summed E-state index contributed by atoms with van der Waals surface area (Å²) in [5, 5.41) is 0.550. The lowest BCUT2D eigenvalue weighted by Gasteiger charge is -2.14. The Kier molecular flexibility index (Phi) is 6.85. The van der Waals surface area contributed by atoms with Gasteiger partial charge in [0.1, 0.15) is 5.75 Å². The summed E-state index contributed by atoms with van der Waals surface area (Å²) in [7, 11) is 4.70. The zero-order chi connectivity index (χ0) is 22.7. The van der Waals surface area contributed by atoms with Gasteiger partial charge in [-0.15, -0.1) is 0 Å². The van der Waals surface area contributed by atoms with E-state index in [-0.39, 0.29) is 5.91 Å². The van der Waals surface area contributed by atoms with Crippen LogP contribution in [0.1, 0.15) is 46.8 Å². The van der Waals surface area contributed by atoms with E-state index >= 15 is 0 Å². The number of hydrogen-bond acceptors (Lipinski definition) is 6. The minimum Gasteiger partial charge on any atom is -0.496 e. The SMILES string of the molecule is COC(=O)c1cccc(N=C2SC(=Cc3cc(C(C)C)c(OC)cc3C)C(=O)N2C)c1. The van der Waals surface area contributed by atoms with Crippen LogP contribution in [0.3, 0.4) is 0 Å². The topological polar surface area (TPSA) is 68.2 Å². The third kappa shape index (κ3) is 4.82. The van der Waals surface area contributed by atoms with E-state index in [1.54, 1.807) is 38.4 Å². The standard InChI is InChI=1S/C24H26N2O4S/c1-14(2)19-12-17(15(3)10-20(19)29-5)13-21-22(27)26(4)24(31-21)25-18-9-7-8-16(11-18)23(28)30-6/h7-14H,1-6H3. The maximum absolute atomic E-state index is 12.8. The Balaban J connectivity index is 1.95. The van der Waals surface area contributed by atoms with Gasteiger partial charge in [-0.05, 0) is 77.7 Å². The van der Waals surface area contributed by atoms with Gasteiger partial charge in [0.05, 0.1) is 30.4 Å². The van der Waals surface area contributed by atoms with Gasteiger partial charge in [0.25, 0.3) is 5.91 Å². The number of thioether (sulfide) groups is 1. The maximum atomic E-state index is 12.8. The smallest absolute Gasteiger partial charge is 0.337 e. The molecule has 0 bridgehead atoms. The molecule has 0 spiro atoms. The molecule has 0 aromatic heterocycles. The van der Waals surface area contributed by atoms with Gasteiger partial charge in [0, 0.05) is 7.05 Å². The minimum atomic E-state index is -0.429. The lowest BCUT2D eigenvalue weighted by atomic mass is 9.96. The lowest BCUT2D eigenvalue weighted by Crippen LogP contribution is -2.23. The van der Waals surface area contributed by atoms with E-state index < -0.39 is 5.97 Å². The molecule has 3 rings (SSSR count). The first kappa shape index (κ1) is 22.6. The van der Waals surface area contributed by atoms with E-state index in [1.165, 1.54) is 23.8 Å². The van der Waals surface area contributed by atoms with Gasteiger partial charge in [-0.1, -0.05) is 19.9 Å². The van der Waals surface area contributed by atoms with Crippen LogP contribution in [0, 0.1) is 6.92 Å². The number of esters is 1. The molecule has 0 unspecified atom stereocenters. The number of carbonyl (C=O) groups excluding carboxylic acids is 2. The van der Waals surface area contributed by atoms with Gasteiger partial charge in [-0.2, -0.15) is 0 Å². The van der Waals surface area contributed by atoms with Crippen molar-refractivity contribution in [3.63, 3.8) is 0 Å². The van der Waals surface area contributed by atoms with Crippen LogP contribution in [0.4, 0.5) is 5.69 Å². The summed E-state index contributed by atoms with van der Waals surface area (Å²) in [6.45, 7) is 6.22. The first-order valence-electron chi connectivity index (χ1n) is 9.88. The Bertz CT molecular complexity index is 1090. The highest BCUT2D eigenvalue weighted by molar-refractivity contribution is 8.18. The largest absolute Gasteiger partial charge is 0.496 e. The van der Waals surface area contributed by atoms with Crippen LogP contribution >= 0.6 is 11.8 Å². The van der Waals surface area contributed by atoms with Crippen LogP contribution in [0.5, 0.6) is 5.75 Å². The number of amides is 1. The second-order valence-corrected chi connectivity index (χ2v) is 8.53. The second-order valence-electron chi connectivity index (χ2n) is 7.52. The summed E-state index contributed by atoms with van der Waals surface area (Å²) in [5.41, 5.74) is 4.09. The van der Waals surface area contributed by atoms with Gasteiger partial charge in [-0.25, -0.2) is 9.79 Å². The fourth-order valence-electron chi connectivity index (χ4n) is 3.22. The number of carbonyl (C=O) groups is 2. The molecule has 1 fully saturated rings. The van der Waals surface area contributed by atoms with Crippen LogP contribution in [-0.4, -0.2) is 43.2 Å². The Morgan fingerprint density at radius 3 is 2.58 bits per heavy atom. The van der Waals surface area contributed by atoms with Crippen molar-refractivity contribution < 1.29 is 19.1 Å². The summed E-state index contributed by atoms with van der Waals surface area (Å²) < 4.78 is 10.3. The number of likely N-dealkylation sites (N-methyl/N-ethyl adjacent to an activating group) is 1. The van der Waals surface area contributed by atoms with E-state index in [2.05, 4.69) is 24.9 Å². The zero-order valence-corrected chi connectivity index (χ0v) is 19.4. The van der Waals surface area contributed by atoms with Crippen molar-refractivity contribution in [3.8, 4) is 5.75 Å².